The van der Waals surface area contributed by atoms with Crippen molar-refractivity contribution in [1.82, 2.24) is 5.12 Å². The number of carboxylic acid groups (broad SMARTS) is 1. The number of hydrogen-bond acceptors (Lipinski definition) is 3. The smallest absolute Gasteiger partial charge is 0.439 e. The fraction of sp³-hybridized carbons (Fsp3) is 0.818. The van der Waals surface area contributed by atoms with E-state index in [1.165, 1.54) is 0 Å². The molecule has 1 atom stereocenters. The van der Waals surface area contributed by atoms with Gasteiger partial charge >= 0.3 is 12.1 Å². The zero-order chi connectivity index (χ0) is 13.6. The monoisotopic (exact) mass is 247 g/mol. The minimum absolute atomic E-state index is 0.0745. The Hall–Kier alpha value is -1.33. The molecule has 0 radical (unpaired) electrons. The highest BCUT2D eigenvalue weighted by Crippen LogP contribution is 2.60. The molecule has 1 aliphatic rings. The van der Waals surface area contributed by atoms with Gasteiger partial charge in [0.25, 0.3) is 0 Å². The molecule has 17 heavy (non-hydrogen) atoms. The SMILES string of the molecule is CC(C)(C)OC(=O)N(F)C1(C(=O)O)CC1(C)C. The molecular formula is C11H18FNO4. The normalized spacial score (nSPS) is 26.2. The molecule has 1 saturated carbocycles. The summed E-state index contributed by atoms with van der Waals surface area (Å²) in [4.78, 5) is 22.6. The Labute approximate surface area is 99.5 Å². The number of hydrogen-bond donors (Lipinski definition) is 1. The first-order valence-corrected chi connectivity index (χ1v) is 5.36. The van der Waals surface area contributed by atoms with Crippen molar-refractivity contribution in [2.24, 2.45) is 5.41 Å². The number of amides is 1. The summed E-state index contributed by atoms with van der Waals surface area (Å²) < 4.78 is 18.7. The quantitative estimate of drug-likeness (QED) is 0.761. The molecule has 0 saturated heterocycles. The van der Waals surface area contributed by atoms with E-state index in [2.05, 4.69) is 0 Å². The molecule has 1 unspecified atom stereocenters. The highest BCUT2D eigenvalue weighted by molar-refractivity contribution is 5.88. The van der Waals surface area contributed by atoms with E-state index in [0.29, 0.717) is 0 Å². The van der Waals surface area contributed by atoms with Crippen LogP contribution >= 0.6 is 0 Å². The second kappa shape index (κ2) is 3.58. The van der Waals surface area contributed by atoms with Crippen LogP contribution in [0.15, 0.2) is 0 Å². The summed E-state index contributed by atoms with van der Waals surface area (Å²) in [5, 5.41) is 8.78. The van der Waals surface area contributed by atoms with Crippen molar-refractivity contribution in [2.75, 3.05) is 0 Å². The van der Waals surface area contributed by atoms with Crippen molar-refractivity contribution in [1.29, 1.82) is 0 Å². The van der Waals surface area contributed by atoms with Gasteiger partial charge in [-0.3, -0.25) is 0 Å². The molecule has 1 N–H and O–H groups in total. The predicted molar refractivity (Wildman–Crippen MR) is 57.9 cm³/mol. The number of carbonyl (C=O) groups excluding carboxylic acids is 1. The van der Waals surface area contributed by atoms with Gasteiger partial charge in [0.1, 0.15) is 5.60 Å². The Bertz CT molecular complexity index is 361. The minimum atomic E-state index is -1.80. The lowest BCUT2D eigenvalue weighted by molar-refractivity contribution is -0.156. The number of halogens is 1. The van der Waals surface area contributed by atoms with Gasteiger partial charge in [-0.1, -0.05) is 18.3 Å². The van der Waals surface area contributed by atoms with Crippen LogP contribution < -0.4 is 0 Å². The van der Waals surface area contributed by atoms with E-state index in [0.717, 1.165) is 0 Å². The van der Waals surface area contributed by atoms with Crippen LogP contribution in [-0.4, -0.2) is 33.4 Å². The third-order valence-electron chi connectivity index (χ3n) is 2.94. The van der Waals surface area contributed by atoms with Gasteiger partial charge in [-0.25, -0.2) is 9.59 Å². The Balaban J connectivity index is 2.87. The van der Waals surface area contributed by atoms with E-state index in [1.807, 2.05) is 0 Å². The number of carbonyl (C=O) groups is 2. The van der Waals surface area contributed by atoms with Crippen molar-refractivity contribution >= 4 is 12.1 Å². The van der Waals surface area contributed by atoms with E-state index in [4.69, 9.17) is 9.84 Å². The average molecular weight is 247 g/mol. The maximum Gasteiger partial charge on any atom is 0.439 e. The molecule has 1 fully saturated rings. The van der Waals surface area contributed by atoms with Crippen molar-refractivity contribution in [3.63, 3.8) is 0 Å². The second-order valence-electron chi connectivity index (χ2n) is 5.99. The molecule has 1 amide bonds. The molecule has 0 heterocycles. The lowest BCUT2D eigenvalue weighted by Crippen LogP contribution is -2.47. The van der Waals surface area contributed by atoms with Crippen molar-refractivity contribution < 1.29 is 23.9 Å². The van der Waals surface area contributed by atoms with Gasteiger partial charge in [0.05, 0.1) is 0 Å². The van der Waals surface area contributed by atoms with Gasteiger partial charge in [-0.15, -0.1) is 5.12 Å². The molecule has 0 aromatic rings. The summed E-state index contributed by atoms with van der Waals surface area (Å²) >= 11 is 0. The molecule has 98 valence electrons. The van der Waals surface area contributed by atoms with Crippen molar-refractivity contribution in [3.8, 4) is 0 Å². The summed E-state index contributed by atoms with van der Waals surface area (Å²) in [5.41, 5.74) is -3.44. The van der Waals surface area contributed by atoms with E-state index in [-0.39, 0.29) is 11.5 Å². The predicted octanol–water partition coefficient (Wildman–Crippen LogP) is 2.36. The molecule has 0 aromatic heterocycles. The Morgan fingerprint density at radius 2 is 1.76 bits per heavy atom. The van der Waals surface area contributed by atoms with E-state index in [1.54, 1.807) is 34.6 Å². The summed E-state index contributed by atoms with van der Waals surface area (Å²) in [7, 11) is 0. The van der Waals surface area contributed by atoms with E-state index >= 15 is 0 Å². The lowest BCUT2D eigenvalue weighted by Gasteiger charge is -2.26. The number of rotatable bonds is 2. The molecular weight excluding hydrogens is 229 g/mol. The molecule has 1 aliphatic carbocycles. The average Bonchev–Trinajstić information content (AvgIpc) is 2.66. The molecule has 0 bridgehead atoms. The molecule has 0 aliphatic heterocycles. The first kappa shape index (κ1) is 13.7. The van der Waals surface area contributed by atoms with Crippen LogP contribution in [0.5, 0.6) is 0 Å². The molecule has 1 rings (SSSR count). The van der Waals surface area contributed by atoms with Crippen LogP contribution in [0, 0.1) is 5.41 Å². The van der Waals surface area contributed by atoms with Gasteiger partial charge in [-0.2, -0.15) is 0 Å². The molecule has 6 heteroatoms. The highest BCUT2D eigenvalue weighted by atomic mass is 19.2. The van der Waals surface area contributed by atoms with Gasteiger partial charge in [0, 0.05) is 5.41 Å². The van der Waals surface area contributed by atoms with Gasteiger partial charge in [-0.05, 0) is 27.2 Å². The number of nitrogens with zero attached hydrogens (tertiary/aromatic N) is 1. The van der Waals surface area contributed by atoms with Crippen LogP contribution in [0.1, 0.15) is 41.0 Å². The summed E-state index contributed by atoms with van der Waals surface area (Å²) in [6.45, 7) is 7.95. The summed E-state index contributed by atoms with van der Waals surface area (Å²) in [5.74, 6) is -1.35. The van der Waals surface area contributed by atoms with E-state index in [9.17, 15) is 14.1 Å². The zero-order valence-corrected chi connectivity index (χ0v) is 10.7. The topological polar surface area (TPSA) is 66.8 Å². The fourth-order valence-corrected chi connectivity index (χ4v) is 1.84. The van der Waals surface area contributed by atoms with Crippen LogP contribution in [0.4, 0.5) is 9.28 Å². The number of aliphatic carboxylic acids is 1. The zero-order valence-electron chi connectivity index (χ0n) is 10.7. The number of carboxylic acids is 1. The Kier molecular flexibility index (Phi) is 2.89. The molecule has 0 spiro atoms. The Morgan fingerprint density at radius 1 is 1.35 bits per heavy atom. The van der Waals surface area contributed by atoms with Crippen LogP contribution in [0.3, 0.4) is 0 Å². The lowest BCUT2D eigenvalue weighted by atomic mass is 10.1. The number of ether oxygens (including phenoxy) is 1. The third-order valence-corrected chi connectivity index (χ3v) is 2.94. The Morgan fingerprint density at radius 3 is 2.00 bits per heavy atom. The van der Waals surface area contributed by atoms with Gasteiger partial charge < -0.3 is 9.84 Å². The first-order valence-electron chi connectivity index (χ1n) is 5.36. The van der Waals surface area contributed by atoms with Gasteiger partial charge in [0.2, 0.25) is 0 Å². The fourth-order valence-electron chi connectivity index (χ4n) is 1.84. The van der Waals surface area contributed by atoms with Gasteiger partial charge in [0.15, 0.2) is 5.54 Å². The molecule has 0 aromatic carbocycles. The summed E-state index contributed by atoms with van der Waals surface area (Å²) in [6, 6.07) is 0. The summed E-state index contributed by atoms with van der Waals surface area (Å²) in [6.07, 6.45) is -1.18. The molecule has 5 nitrogen and oxygen atoms in total. The van der Waals surface area contributed by atoms with Crippen LogP contribution in [0.2, 0.25) is 0 Å². The second-order valence-corrected chi connectivity index (χ2v) is 5.99. The standard InChI is InChI=1S/C11H18FNO4/c1-9(2,3)17-8(16)13(12)11(7(14)15)6-10(11,4)5/h6H2,1-5H3,(H,14,15). The van der Waals surface area contributed by atoms with Crippen LogP contribution in [-0.2, 0) is 9.53 Å². The largest absolute Gasteiger partial charge is 0.479 e. The minimum Gasteiger partial charge on any atom is -0.479 e. The van der Waals surface area contributed by atoms with Crippen molar-refractivity contribution in [3.05, 3.63) is 0 Å². The van der Waals surface area contributed by atoms with Crippen molar-refractivity contribution in [2.45, 2.75) is 52.2 Å². The maximum atomic E-state index is 13.9. The van der Waals surface area contributed by atoms with E-state index < -0.39 is 28.6 Å². The maximum absolute atomic E-state index is 13.9. The first-order chi connectivity index (χ1) is 7.44. The van der Waals surface area contributed by atoms with Crippen LogP contribution in [0.25, 0.3) is 0 Å². The highest BCUT2D eigenvalue weighted by Gasteiger charge is 2.73. The third kappa shape index (κ3) is 2.21.